The van der Waals surface area contributed by atoms with Crippen LogP contribution in [0.3, 0.4) is 0 Å². The highest BCUT2D eigenvalue weighted by Crippen LogP contribution is 2.27. The lowest BCUT2D eigenvalue weighted by Gasteiger charge is -2.27. The fourth-order valence-corrected chi connectivity index (χ4v) is 1.84. The fourth-order valence-electron chi connectivity index (χ4n) is 1.71. The number of Topliss-reactive ketones (excluding diaryl/α,β-unsaturated/α-hetero) is 1. The maximum atomic E-state index is 12.6. The summed E-state index contributed by atoms with van der Waals surface area (Å²) >= 11 is 5.83. The zero-order chi connectivity index (χ0) is 15.5. The van der Waals surface area contributed by atoms with Crippen molar-refractivity contribution >= 4 is 17.4 Å². The number of imidazole rings is 1. The van der Waals surface area contributed by atoms with E-state index >= 15 is 0 Å². The number of ether oxygens (including phenoxy) is 1. The average molecular weight is 309 g/mol. The van der Waals surface area contributed by atoms with E-state index in [1.54, 1.807) is 55.1 Å². The molecule has 112 valence electrons. The Labute approximate surface area is 128 Å². The van der Waals surface area contributed by atoms with E-state index in [-0.39, 0.29) is 12.4 Å². The molecule has 5 nitrogen and oxygen atoms in total. The van der Waals surface area contributed by atoms with Crippen LogP contribution in [0, 0.1) is 5.41 Å². The Hall–Kier alpha value is -1.85. The SMILES string of the molecule is CC(C)(CO)C(=O)C(Oc1ccc(Cl)cc1)n1ccnc1. The van der Waals surface area contributed by atoms with Gasteiger partial charge in [0, 0.05) is 17.4 Å². The highest BCUT2D eigenvalue weighted by molar-refractivity contribution is 6.30. The lowest BCUT2D eigenvalue weighted by molar-refractivity contribution is -0.140. The molecule has 2 rings (SSSR count). The Morgan fingerprint density at radius 3 is 2.62 bits per heavy atom. The van der Waals surface area contributed by atoms with Gasteiger partial charge in [-0.1, -0.05) is 25.4 Å². The molecule has 0 saturated heterocycles. The van der Waals surface area contributed by atoms with Gasteiger partial charge in [0.1, 0.15) is 5.75 Å². The Balaban J connectivity index is 2.29. The summed E-state index contributed by atoms with van der Waals surface area (Å²) in [4.78, 5) is 16.5. The number of hydrogen-bond acceptors (Lipinski definition) is 4. The molecule has 0 amide bonds. The summed E-state index contributed by atoms with van der Waals surface area (Å²) in [6.07, 6.45) is 3.82. The van der Waals surface area contributed by atoms with Gasteiger partial charge in [-0.25, -0.2) is 4.98 Å². The number of benzene rings is 1. The van der Waals surface area contributed by atoms with Crippen molar-refractivity contribution in [2.75, 3.05) is 6.61 Å². The van der Waals surface area contributed by atoms with Crippen molar-refractivity contribution in [2.24, 2.45) is 5.41 Å². The van der Waals surface area contributed by atoms with Crippen LogP contribution in [0.15, 0.2) is 43.0 Å². The van der Waals surface area contributed by atoms with Gasteiger partial charge in [-0.15, -0.1) is 0 Å². The minimum atomic E-state index is -0.915. The van der Waals surface area contributed by atoms with Gasteiger partial charge in [0.15, 0.2) is 0 Å². The molecule has 1 N–H and O–H groups in total. The number of rotatable bonds is 6. The first kappa shape index (κ1) is 15.5. The Morgan fingerprint density at radius 2 is 2.10 bits per heavy atom. The van der Waals surface area contributed by atoms with Crippen molar-refractivity contribution in [3.63, 3.8) is 0 Å². The number of halogens is 1. The van der Waals surface area contributed by atoms with Crippen LogP contribution in [0.2, 0.25) is 5.02 Å². The quantitative estimate of drug-likeness (QED) is 0.891. The van der Waals surface area contributed by atoms with Gasteiger partial charge in [-0.2, -0.15) is 0 Å². The number of aliphatic hydroxyl groups is 1. The highest BCUT2D eigenvalue weighted by Gasteiger charge is 2.35. The molecule has 1 aromatic carbocycles. The smallest absolute Gasteiger partial charge is 0.236 e. The molecule has 0 bridgehead atoms. The van der Waals surface area contributed by atoms with Crippen molar-refractivity contribution in [3.05, 3.63) is 48.0 Å². The van der Waals surface area contributed by atoms with Gasteiger partial charge < -0.3 is 9.84 Å². The molecule has 0 aliphatic heterocycles. The second kappa shape index (κ2) is 6.28. The molecule has 6 heteroatoms. The molecule has 0 fully saturated rings. The summed E-state index contributed by atoms with van der Waals surface area (Å²) < 4.78 is 7.33. The van der Waals surface area contributed by atoms with Crippen molar-refractivity contribution < 1.29 is 14.6 Å². The van der Waals surface area contributed by atoms with Crippen LogP contribution in [-0.4, -0.2) is 27.0 Å². The van der Waals surface area contributed by atoms with E-state index in [0.29, 0.717) is 10.8 Å². The molecule has 2 aromatic rings. The fraction of sp³-hybridized carbons (Fsp3) is 0.333. The van der Waals surface area contributed by atoms with Gasteiger partial charge in [-0.05, 0) is 24.3 Å². The topological polar surface area (TPSA) is 64.3 Å². The summed E-state index contributed by atoms with van der Waals surface area (Å²) in [5, 5.41) is 9.98. The maximum Gasteiger partial charge on any atom is 0.236 e. The second-order valence-electron chi connectivity index (χ2n) is 5.34. The third kappa shape index (κ3) is 3.62. The molecule has 0 aliphatic rings. The van der Waals surface area contributed by atoms with Crippen molar-refractivity contribution in [1.29, 1.82) is 0 Å². The van der Waals surface area contributed by atoms with Gasteiger partial charge in [0.2, 0.25) is 12.0 Å². The van der Waals surface area contributed by atoms with E-state index in [0.717, 1.165) is 0 Å². The number of carbonyl (C=O) groups excluding carboxylic acids is 1. The summed E-state index contributed by atoms with van der Waals surface area (Å²) in [6, 6.07) is 6.74. The first-order valence-corrected chi connectivity index (χ1v) is 6.87. The van der Waals surface area contributed by atoms with Crippen LogP contribution in [0.25, 0.3) is 0 Å². The Morgan fingerprint density at radius 1 is 1.43 bits per heavy atom. The molecule has 1 heterocycles. The molecular formula is C15H17ClN2O3. The largest absolute Gasteiger partial charge is 0.463 e. The molecule has 0 aliphatic carbocycles. The van der Waals surface area contributed by atoms with Crippen molar-refractivity contribution in [2.45, 2.75) is 20.1 Å². The summed E-state index contributed by atoms with van der Waals surface area (Å²) in [5.74, 6) is 0.276. The van der Waals surface area contributed by atoms with E-state index in [1.165, 1.54) is 6.33 Å². The number of nitrogens with zero attached hydrogens (tertiary/aromatic N) is 2. The third-order valence-corrected chi connectivity index (χ3v) is 3.40. The molecule has 21 heavy (non-hydrogen) atoms. The van der Waals surface area contributed by atoms with E-state index in [9.17, 15) is 9.90 Å². The predicted octanol–water partition coefficient (Wildman–Crippen LogP) is 2.70. The molecule has 1 unspecified atom stereocenters. The minimum absolute atomic E-state index is 0.238. The van der Waals surface area contributed by atoms with Crippen LogP contribution < -0.4 is 4.74 Å². The normalized spacial score (nSPS) is 13.0. The van der Waals surface area contributed by atoms with Gasteiger partial charge in [0.05, 0.1) is 18.3 Å². The Bertz CT molecular complexity index is 594. The zero-order valence-corrected chi connectivity index (χ0v) is 12.6. The second-order valence-corrected chi connectivity index (χ2v) is 5.78. The molecular weight excluding hydrogens is 292 g/mol. The monoisotopic (exact) mass is 308 g/mol. The van der Waals surface area contributed by atoms with Crippen LogP contribution in [0.4, 0.5) is 0 Å². The number of ketones is 1. The molecule has 1 atom stereocenters. The Kier molecular flexibility index (Phi) is 4.65. The molecule has 0 radical (unpaired) electrons. The first-order chi connectivity index (χ1) is 9.94. The number of aliphatic hydroxyl groups excluding tert-OH is 1. The lowest BCUT2D eigenvalue weighted by atomic mass is 9.88. The van der Waals surface area contributed by atoms with E-state index < -0.39 is 11.6 Å². The number of aromatic nitrogens is 2. The van der Waals surface area contributed by atoms with E-state index in [2.05, 4.69) is 4.98 Å². The van der Waals surface area contributed by atoms with Crippen molar-refractivity contribution in [3.8, 4) is 5.75 Å². The van der Waals surface area contributed by atoms with Crippen molar-refractivity contribution in [1.82, 2.24) is 9.55 Å². The van der Waals surface area contributed by atoms with E-state index in [1.807, 2.05) is 0 Å². The predicted molar refractivity (Wildman–Crippen MR) is 79.2 cm³/mol. The van der Waals surface area contributed by atoms with Crippen LogP contribution in [-0.2, 0) is 4.79 Å². The van der Waals surface area contributed by atoms with Gasteiger partial charge in [-0.3, -0.25) is 9.36 Å². The standard InChI is InChI=1S/C15H17ClN2O3/c1-15(2,9-19)13(20)14(18-8-7-17-10-18)21-12-5-3-11(16)4-6-12/h3-8,10,14,19H,9H2,1-2H3. The minimum Gasteiger partial charge on any atom is -0.463 e. The summed E-state index contributed by atoms with van der Waals surface area (Å²) in [7, 11) is 0. The number of hydrogen-bond donors (Lipinski definition) is 1. The summed E-state index contributed by atoms with van der Waals surface area (Å²) in [6.45, 7) is 3.08. The van der Waals surface area contributed by atoms with E-state index in [4.69, 9.17) is 16.3 Å². The first-order valence-electron chi connectivity index (χ1n) is 6.49. The molecule has 0 spiro atoms. The third-order valence-electron chi connectivity index (χ3n) is 3.14. The van der Waals surface area contributed by atoms with Gasteiger partial charge in [0.25, 0.3) is 0 Å². The van der Waals surface area contributed by atoms with Crippen LogP contribution >= 0.6 is 11.6 Å². The van der Waals surface area contributed by atoms with Gasteiger partial charge >= 0.3 is 0 Å². The zero-order valence-electron chi connectivity index (χ0n) is 11.9. The highest BCUT2D eigenvalue weighted by atomic mass is 35.5. The maximum absolute atomic E-state index is 12.6. The number of carbonyl (C=O) groups is 1. The van der Waals surface area contributed by atoms with Crippen LogP contribution in [0.1, 0.15) is 20.1 Å². The molecule has 1 aromatic heterocycles. The lowest BCUT2D eigenvalue weighted by Crippen LogP contribution is -2.37. The molecule has 0 saturated carbocycles. The van der Waals surface area contributed by atoms with Crippen LogP contribution in [0.5, 0.6) is 5.75 Å². The summed E-state index contributed by atoms with van der Waals surface area (Å²) in [5.41, 5.74) is -0.915. The average Bonchev–Trinajstić information content (AvgIpc) is 3.00.